The highest BCUT2D eigenvalue weighted by Gasteiger charge is 2.19. The molecule has 0 spiro atoms. The number of halogens is 2. The first-order chi connectivity index (χ1) is 10.1. The first-order valence-corrected chi connectivity index (χ1v) is 7.14. The van der Waals surface area contributed by atoms with E-state index < -0.39 is 11.9 Å². The number of aliphatic hydroxyl groups is 1. The van der Waals surface area contributed by atoms with Crippen molar-refractivity contribution in [2.75, 3.05) is 39.5 Å². The van der Waals surface area contributed by atoms with E-state index in [0.29, 0.717) is 31.9 Å². The number of nitrogens with zero attached hydrogens (tertiary/aromatic N) is 1. The number of ether oxygens (including phenoxy) is 1. The van der Waals surface area contributed by atoms with Crippen molar-refractivity contribution in [2.45, 2.75) is 6.04 Å². The summed E-state index contributed by atoms with van der Waals surface area (Å²) < 4.78 is 18.6. The van der Waals surface area contributed by atoms with Crippen LogP contribution in [0.25, 0.3) is 0 Å². The third-order valence-corrected chi connectivity index (χ3v) is 3.70. The third-order valence-electron chi connectivity index (χ3n) is 3.39. The van der Waals surface area contributed by atoms with Gasteiger partial charge in [-0.15, -0.1) is 0 Å². The van der Waals surface area contributed by atoms with Crippen LogP contribution in [0, 0.1) is 5.82 Å². The molecule has 21 heavy (non-hydrogen) atoms. The van der Waals surface area contributed by atoms with Gasteiger partial charge in [-0.2, -0.15) is 0 Å². The number of hydrogen-bond acceptors (Lipinski definition) is 4. The number of benzene rings is 1. The summed E-state index contributed by atoms with van der Waals surface area (Å²) in [6.45, 7) is 2.06. The van der Waals surface area contributed by atoms with Crippen LogP contribution in [0.5, 0.6) is 0 Å². The van der Waals surface area contributed by atoms with Crippen LogP contribution >= 0.6 is 11.6 Å². The van der Waals surface area contributed by atoms with E-state index in [1.165, 1.54) is 12.1 Å². The number of rotatable bonds is 5. The van der Waals surface area contributed by atoms with Crippen LogP contribution in [-0.2, 0) is 9.53 Å². The Labute approximate surface area is 127 Å². The fourth-order valence-electron chi connectivity index (χ4n) is 2.15. The molecule has 116 valence electrons. The fraction of sp³-hybridized carbons (Fsp3) is 0.500. The van der Waals surface area contributed by atoms with Crippen LogP contribution in [0.4, 0.5) is 4.39 Å². The molecule has 1 amide bonds. The highest BCUT2D eigenvalue weighted by molar-refractivity contribution is 6.30. The maximum atomic E-state index is 13.4. The Hall–Kier alpha value is -1.21. The number of carbonyl (C=O) groups is 1. The van der Waals surface area contributed by atoms with Crippen molar-refractivity contribution in [2.24, 2.45) is 0 Å². The highest BCUT2D eigenvalue weighted by atomic mass is 35.5. The van der Waals surface area contributed by atoms with Crippen LogP contribution in [0.3, 0.4) is 0 Å². The molecule has 1 unspecified atom stereocenters. The van der Waals surface area contributed by atoms with Gasteiger partial charge in [0, 0.05) is 13.1 Å². The summed E-state index contributed by atoms with van der Waals surface area (Å²) >= 11 is 5.63. The van der Waals surface area contributed by atoms with E-state index in [2.05, 4.69) is 5.32 Å². The molecule has 0 aliphatic carbocycles. The van der Waals surface area contributed by atoms with Crippen molar-refractivity contribution in [3.8, 4) is 0 Å². The van der Waals surface area contributed by atoms with Crippen molar-refractivity contribution in [1.82, 2.24) is 10.2 Å². The maximum absolute atomic E-state index is 13.4. The van der Waals surface area contributed by atoms with Gasteiger partial charge in [-0.3, -0.25) is 10.1 Å². The van der Waals surface area contributed by atoms with Crippen LogP contribution < -0.4 is 5.32 Å². The molecule has 1 aliphatic rings. The Morgan fingerprint density at radius 3 is 2.81 bits per heavy atom. The fourth-order valence-corrected chi connectivity index (χ4v) is 2.27. The molecule has 1 aliphatic heterocycles. The molecule has 2 rings (SSSR count). The Bertz CT molecular complexity index is 495. The second-order valence-electron chi connectivity index (χ2n) is 4.78. The van der Waals surface area contributed by atoms with E-state index in [0.717, 1.165) is 0 Å². The Balaban J connectivity index is 1.92. The smallest absolute Gasteiger partial charge is 0.236 e. The Morgan fingerprint density at radius 1 is 1.48 bits per heavy atom. The molecule has 0 bridgehead atoms. The van der Waals surface area contributed by atoms with Crippen molar-refractivity contribution >= 4 is 17.5 Å². The van der Waals surface area contributed by atoms with Crippen molar-refractivity contribution in [3.63, 3.8) is 0 Å². The molecule has 1 saturated heterocycles. The zero-order chi connectivity index (χ0) is 15.2. The van der Waals surface area contributed by atoms with Crippen LogP contribution in [0.2, 0.25) is 5.02 Å². The van der Waals surface area contributed by atoms with E-state index in [1.54, 1.807) is 11.0 Å². The van der Waals surface area contributed by atoms with Crippen molar-refractivity contribution in [1.29, 1.82) is 0 Å². The van der Waals surface area contributed by atoms with Gasteiger partial charge in [-0.25, -0.2) is 4.39 Å². The second-order valence-corrected chi connectivity index (χ2v) is 5.19. The summed E-state index contributed by atoms with van der Waals surface area (Å²) in [5, 5.41) is 12.4. The lowest BCUT2D eigenvalue weighted by atomic mass is 10.1. The van der Waals surface area contributed by atoms with E-state index in [1.807, 2.05) is 0 Å². The number of hydrogen-bond donors (Lipinski definition) is 2. The molecule has 7 heteroatoms. The molecule has 0 saturated carbocycles. The maximum Gasteiger partial charge on any atom is 0.236 e. The number of nitrogens with one attached hydrogen (secondary N) is 1. The topological polar surface area (TPSA) is 61.8 Å². The first-order valence-electron chi connectivity index (χ1n) is 6.76. The summed E-state index contributed by atoms with van der Waals surface area (Å²) in [6, 6.07) is 3.80. The van der Waals surface area contributed by atoms with E-state index in [9.17, 15) is 14.3 Å². The molecular weight excluding hydrogens is 299 g/mol. The zero-order valence-electron chi connectivity index (χ0n) is 11.5. The van der Waals surface area contributed by atoms with Gasteiger partial charge in [0.1, 0.15) is 5.82 Å². The predicted octanol–water partition coefficient (Wildman–Crippen LogP) is 0.961. The zero-order valence-corrected chi connectivity index (χ0v) is 12.3. The van der Waals surface area contributed by atoms with Crippen molar-refractivity contribution < 1.29 is 19.0 Å². The second kappa shape index (κ2) is 7.70. The standard InChI is InChI=1S/C14H18ClFN2O3/c15-11-2-1-10(7-12(11)16)13(9-19)17-8-14(20)18-3-5-21-6-4-18/h1-2,7,13,17,19H,3-6,8-9H2. The van der Waals surface area contributed by atoms with Crippen LogP contribution in [-0.4, -0.2) is 55.4 Å². The summed E-state index contributed by atoms with van der Waals surface area (Å²) in [7, 11) is 0. The monoisotopic (exact) mass is 316 g/mol. The van der Waals surface area contributed by atoms with Crippen LogP contribution in [0.1, 0.15) is 11.6 Å². The molecule has 1 atom stereocenters. The summed E-state index contributed by atoms with van der Waals surface area (Å²) in [6.07, 6.45) is 0. The van der Waals surface area contributed by atoms with E-state index in [-0.39, 0.29) is 24.1 Å². The molecule has 0 radical (unpaired) electrons. The Morgan fingerprint density at radius 2 is 2.19 bits per heavy atom. The lowest BCUT2D eigenvalue weighted by Gasteiger charge is -2.27. The Kier molecular flexibility index (Phi) is 5.93. The van der Waals surface area contributed by atoms with Gasteiger partial charge in [0.15, 0.2) is 0 Å². The summed E-state index contributed by atoms with van der Waals surface area (Å²) in [4.78, 5) is 13.7. The molecule has 0 aromatic heterocycles. The number of carbonyl (C=O) groups excluding carboxylic acids is 1. The van der Waals surface area contributed by atoms with Gasteiger partial charge in [0.2, 0.25) is 5.91 Å². The van der Waals surface area contributed by atoms with Gasteiger partial charge in [-0.1, -0.05) is 17.7 Å². The summed E-state index contributed by atoms with van der Waals surface area (Å²) in [5.41, 5.74) is 0.550. The quantitative estimate of drug-likeness (QED) is 0.849. The normalized spacial score (nSPS) is 16.8. The van der Waals surface area contributed by atoms with E-state index in [4.69, 9.17) is 16.3 Å². The number of amides is 1. The minimum atomic E-state index is -0.547. The minimum absolute atomic E-state index is 0.0276. The van der Waals surface area contributed by atoms with Gasteiger partial charge >= 0.3 is 0 Å². The average Bonchev–Trinajstić information content (AvgIpc) is 2.52. The van der Waals surface area contributed by atoms with Crippen molar-refractivity contribution in [3.05, 3.63) is 34.6 Å². The number of morpholine rings is 1. The molecule has 5 nitrogen and oxygen atoms in total. The van der Waals surface area contributed by atoms with Crippen LogP contribution in [0.15, 0.2) is 18.2 Å². The van der Waals surface area contributed by atoms with E-state index >= 15 is 0 Å². The minimum Gasteiger partial charge on any atom is -0.394 e. The average molecular weight is 317 g/mol. The van der Waals surface area contributed by atoms with Gasteiger partial charge in [0.05, 0.1) is 37.4 Å². The first kappa shape index (κ1) is 16.2. The molecule has 2 N–H and O–H groups in total. The lowest BCUT2D eigenvalue weighted by molar-refractivity contribution is -0.134. The summed E-state index contributed by atoms with van der Waals surface area (Å²) in [5.74, 6) is -0.611. The SMILES string of the molecule is O=C(CNC(CO)c1ccc(Cl)c(F)c1)N1CCOCC1. The third kappa shape index (κ3) is 4.38. The lowest BCUT2D eigenvalue weighted by Crippen LogP contribution is -2.45. The molecular formula is C14H18ClFN2O3. The largest absolute Gasteiger partial charge is 0.394 e. The van der Waals surface area contributed by atoms with Gasteiger partial charge in [0.25, 0.3) is 0 Å². The number of aliphatic hydroxyl groups excluding tert-OH is 1. The molecule has 1 aromatic rings. The van der Waals surface area contributed by atoms with Gasteiger partial charge < -0.3 is 14.7 Å². The highest BCUT2D eigenvalue weighted by Crippen LogP contribution is 2.20. The molecule has 1 aromatic carbocycles. The molecule has 1 heterocycles. The van der Waals surface area contributed by atoms with Gasteiger partial charge in [-0.05, 0) is 17.7 Å². The predicted molar refractivity (Wildman–Crippen MR) is 76.6 cm³/mol. The molecule has 1 fully saturated rings.